The molecule has 2 aromatic rings. The fourth-order valence-corrected chi connectivity index (χ4v) is 3.59. The molecule has 0 saturated carbocycles. The van der Waals surface area contributed by atoms with Crippen LogP contribution in [-0.2, 0) is 4.79 Å². The lowest BCUT2D eigenvalue weighted by Gasteiger charge is -2.32. The van der Waals surface area contributed by atoms with Gasteiger partial charge in [-0.1, -0.05) is 25.1 Å². The van der Waals surface area contributed by atoms with Gasteiger partial charge in [-0.3, -0.25) is 4.79 Å². The van der Waals surface area contributed by atoms with Gasteiger partial charge in [-0.2, -0.15) is 0 Å². The topological polar surface area (TPSA) is 35.6 Å². The molecule has 1 fully saturated rings. The van der Waals surface area contributed by atoms with Crippen molar-refractivity contribution in [1.29, 1.82) is 0 Å². The predicted molar refractivity (Wildman–Crippen MR) is 115 cm³/mol. The van der Waals surface area contributed by atoms with Gasteiger partial charge >= 0.3 is 0 Å². The van der Waals surface area contributed by atoms with E-state index in [-0.39, 0.29) is 5.91 Å². The third-order valence-electron chi connectivity index (χ3n) is 5.41. The summed E-state index contributed by atoms with van der Waals surface area (Å²) in [5, 5.41) is 3.03. The minimum absolute atomic E-state index is 0.0592. The van der Waals surface area contributed by atoms with Gasteiger partial charge in [0.1, 0.15) is 0 Å². The van der Waals surface area contributed by atoms with E-state index in [1.807, 2.05) is 30.3 Å². The Bertz CT molecular complexity index is 706. The molecule has 144 valence electrons. The molecule has 4 heteroatoms. The van der Waals surface area contributed by atoms with E-state index in [1.165, 1.54) is 18.5 Å². The van der Waals surface area contributed by atoms with Crippen molar-refractivity contribution in [2.75, 3.05) is 41.3 Å². The van der Waals surface area contributed by atoms with Crippen LogP contribution in [0.15, 0.2) is 54.6 Å². The molecule has 27 heavy (non-hydrogen) atoms. The Morgan fingerprint density at radius 2 is 1.74 bits per heavy atom. The summed E-state index contributed by atoms with van der Waals surface area (Å²) in [6.45, 7) is 8.30. The van der Waals surface area contributed by atoms with E-state index in [1.54, 1.807) is 0 Å². The smallest absolute Gasteiger partial charge is 0.226 e. The van der Waals surface area contributed by atoms with Crippen LogP contribution >= 0.6 is 0 Å². The first-order chi connectivity index (χ1) is 13.2. The summed E-state index contributed by atoms with van der Waals surface area (Å²) in [5.41, 5.74) is 3.28. The highest BCUT2D eigenvalue weighted by Crippen LogP contribution is 2.24. The second kappa shape index (κ2) is 9.45. The third-order valence-corrected chi connectivity index (χ3v) is 5.41. The van der Waals surface area contributed by atoms with Crippen LogP contribution in [0, 0.1) is 5.92 Å². The molecule has 1 aliphatic heterocycles. The number of hydrogen-bond donors (Lipinski definition) is 1. The lowest BCUT2D eigenvalue weighted by atomic mass is 9.99. The quantitative estimate of drug-likeness (QED) is 0.767. The summed E-state index contributed by atoms with van der Waals surface area (Å²) in [5.74, 6) is 0.891. The summed E-state index contributed by atoms with van der Waals surface area (Å²) in [7, 11) is 0. The lowest BCUT2D eigenvalue weighted by Crippen LogP contribution is -2.32. The van der Waals surface area contributed by atoms with Crippen molar-refractivity contribution in [1.82, 2.24) is 0 Å². The van der Waals surface area contributed by atoms with E-state index in [4.69, 9.17) is 0 Å². The zero-order valence-electron chi connectivity index (χ0n) is 16.5. The summed E-state index contributed by atoms with van der Waals surface area (Å²) in [6, 6.07) is 18.5. The number of nitrogens with zero attached hydrogens (tertiary/aromatic N) is 2. The van der Waals surface area contributed by atoms with E-state index in [2.05, 4.69) is 53.2 Å². The highest BCUT2D eigenvalue weighted by atomic mass is 16.1. The Hall–Kier alpha value is -2.49. The second-order valence-corrected chi connectivity index (χ2v) is 7.43. The number of piperidine rings is 1. The van der Waals surface area contributed by atoms with Crippen molar-refractivity contribution < 1.29 is 4.79 Å². The Kier molecular flexibility index (Phi) is 6.74. The molecule has 1 N–H and O–H groups in total. The van der Waals surface area contributed by atoms with Crippen LogP contribution in [0.3, 0.4) is 0 Å². The van der Waals surface area contributed by atoms with Gasteiger partial charge in [-0.15, -0.1) is 0 Å². The number of amides is 1. The number of nitrogens with one attached hydrogen (secondary N) is 1. The number of anilines is 3. The summed E-state index contributed by atoms with van der Waals surface area (Å²) >= 11 is 0. The monoisotopic (exact) mass is 365 g/mol. The number of para-hydroxylation sites is 1. The molecule has 4 nitrogen and oxygen atoms in total. The van der Waals surface area contributed by atoms with Crippen LogP contribution in [0.5, 0.6) is 0 Å². The van der Waals surface area contributed by atoms with Crippen LogP contribution in [0.2, 0.25) is 0 Å². The molecule has 1 aliphatic rings. The average Bonchev–Trinajstić information content (AvgIpc) is 2.70. The van der Waals surface area contributed by atoms with E-state index >= 15 is 0 Å². The maximum atomic E-state index is 12.3. The van der Waals surface area contributed by atoms with E-state index in [9.17, 15) is 4.79 Å². The molecule has 0 spiro atoms. The molecule has 2 aromatic carbocycles. The van der Waals surface area contributed by atoms with Gasteiger partial charge in [-0.25, -0.2) is 0 Å². The maximum Gasteiger partial charge on any atom is 0.226 e. The molecular weight excluding hydrogens is 334 g/mol. The molecular formula is C23H31N3O. The van der Waals surface area contributed by atoms with Gasteiger partial charge in [-0.05, 0) is 62.1 Å². The zero-order valence-corrected chi connectivity index (χ0v) is 16.5. The van der Waals surface area contributed by atoms with Crippen molar-refractivity contribution in [3.63, 3.8) is 0 Å². The van der Waals surface area contributed by atoms with Gasteiger partial charge in [0.2, 0.25) is 5.91 Å². The predicted octanol–water partition coefficient (Wildman–Crippen LogP) is 4.78. The van der Waals surface area contributed by atoms with E-state index in [0.717, 1.165) is 43.5 Å². The maximum absolute atomic E-state index is 12.3. The molecule has 0 radical (unpaired) electrons. The minimum atomic E-state index is 0.0592. The Balaban J connectivity index is 1.49. The van der Waals surface area contributed by atoms with Gasteiger partial charge in [0, 0.05) is 49.7 Å². The highest BCUT2D eigenvalue weighted by molar-refractivity contribution is 5.91. The molecule has 0 atom stereocenters. The van der Waals surface area contributed by atoms with Crippen LogP contribution < -0.4 is 15.1 Å². The Morgan fingerprint density at radius 1 is 1.07 bits per heavy atom. The van der Waals surface area contributed by atoms with Crippen LogP contribution in [0.1, 0.15) is 33.1 Å². The largest absolute Gasteiger partial charge is 0.372 e. The molecule has 3 rings (SSSR count). The van der Waals surface area contributed by atoms with E-state index < -0.39 is 0 Å². The fraction of sp³-hybridized carbons (Fsp3) is 0.435. The van der Waals surface area contributed by atoms with Gasteiger partial charge in [0.25, 0.3) is 0 Å². The van der Waals surface area contributed by atoms with E-state index in [0.29, 0.717) is 6.42 Å². The van der Waals surface area contributed by atoms with Crippen molar-refractivity contribution in [2.24, 2.45) is 5.92 Å². The van der Waals surface area contributed by atoms with Crippen molar-refractivity contribution in [2.45, 2.75) is 33.1 Å². The van der Waals surface area contributed by atoms with Crippen molar-refractivity contribution >= 4 is 23.0 Å². The standard InChI is InChI=1S/C23H31N3O/c1-3-25(21-7-5-4-6-8-21)18-15-23(27)24-20-9-11-22(12-10-20)26-16-13-19(2)14-17-26/h4-12,19H,3,13-18H2,1-2H3,(H,24,27). The first-order valence-electron chi connectivity index (χ1n) is 10.1. The average molecular weight is 366 g/mol. The number of carbonyl (C=O) groups excluding carboxylic acids is 1. The van der Waals surface area contributed by atoms with Crippen LogP contribution in [-0.4, -0.2) is 32.1 Å². The molecule has 1 heterocycles. The summed E-state index contributed by atoms with van der Waals surface area (Å²) in [4.78, 5) is 17.0. The molecule has 0 aliphatic carbocycles. The second-order valence-electron chi connectivity index (χ2n) is 7.43. The van der Waals surface area contributed by atoms with Crippen LogP contribution in [0.4, 0.5) is 17.1 Å². The molecule has 0 bridgehead atoms. The third kappa shape index (κ3) is 5.49. The molecule has 1 amide bonds. The number of rotatable bonds is 7. The summed E-state index contributed by atoms with van der Waals surface area (Å²) < 4.78 is 0. The molecule has 0 unspecified atom stereocenters. The Labute approximate surface area is 163 Å². The number of carbonyl (C=O) groups is 1. The molecule has 1 saturated heterocycles. The van der Waals surface area contributed by atoms with Crippen molar-refractivity contribution in [3.8, 4) is 0 Å². The molecule has 0 aromatic heterocycles. The van der Waals surface area contributed by atoms with Crippen molar-refractivity contribution in [3.05, 3.63) is 54.6 Å². The lowest BCUT2D eigenvalue weighted by molar-refractivity contribution is -0.116. The van der Waals surface area contributed by atoms with Gasteiger partial charge in [0.05, 0.1) is 0 Å². The normalized spacial score (nSPS) is 14.8. The van der Waals surface area contributed by atoms with Crippen LogP contribution in [0.25, 0.3) is 0 Å². The Morgan fingerprint density at radius 3 is 2.37 bits per heavy atom. The highest BCUT2D eigenvalue weighted by Gasteiger charge is 2.16. The minimum Gasteiger partial charge on any atom is -0.372 e. The zero-order chi connectivity index (χ0) is 19.1. The summed E-state index contributed by atoms with van der Waals surface area (Å²) in [6.07, 6.45) is 3.00. The fourth-order valence-electron chi connectivity index (χ4n) is 3.59. The SMILES string of the molecule is CCN(CCC(=O)Nc1ccc(N2CCC(C)CC2)cc1)c1ccccc1. The first kappa shape index (κ1) is 19.3. The first-order valence-corrected chi connectivity index (χ1v) is 10.1. The van der Waals surface area contributed by atoms with Gasteiger partial charge < -0.3 is 15.1 Å². The van der Waals surface area contributed by atoms with Gasteiger partial charge in [0.15, 0.2) is 0 Å². The number of benzene rings is 2. The number of hydrogen-bond acceptors (Lipinski definition) is 3.